The third-order valence-corrected chi connectivity index (χ3v) is 9.84. The number of piperidine rings is 3. The number of amides is 1. The molecule has 0 saturated carbocycles. The zero-order valence-corrected chi connectivity index (χ0v) is 27.0. The van der Waals surface area contributed by atoms with Gasteiger partial charge in [-0.2, -0.15) is 0 Å². The van der Waals surface area contributed by atoms with Crippen LogP contribution < -0.4 is 0 Å². The lowest BCUT2D eigenvalue weighted by Gasteiger charge is -2.51. The summed E-state index contributed by atoms with van der Waals surface area (Å²) in [5.74, 6) is 0.810. The Labute approximate surface area is 255 Å². The van der Waals surface area contributed by atoms with Crippen LogP contribution in [-0.4, -0.2) is 67.0 Å². The number of hydrogen-bond acceptors (Lipinski definition) is 4. The Morgan fingerprint density at radius 1 is 0.976 bits per heavy atom. The number of hydrogen-bond donors (Lipinski definition) is 0. The Morgan fingerprint density at radius 2 is 1.55 bits per heavy atom. The Hall–Kier alpha value is -2.66. The van der Waals surface area contributed by atoms with E-state index < -0.39 is 5.60 Å². The van der Waals surface area contributed by atoms with Crippen molar-refractivity contribution in [3.8, 4) is 0 Å². The summed E-state index contributed by atoms with van der Waals surface area (Å²) in [6, 6.07) is 21.7. The first-order valence-corrected chi connectivity index (χ1v) is 16.4. The highest BCUT2D eigenvalue weighted by atomic mass is 16.6. The van der Waals surface area contributed by atoms with E-state index in [1.807, 2.05) is 25.7 Å². The number of likely N-dealkylation sites (tertiary alicyclic amines) is 1. The van der Waals surface area contributed by atoms with Gasteiger partial charge in [0, 0.05) is 32.2 Å². The second kappa shape index (κ2) is 14.7. The van der Waals surface area contributed by atoms with Crippen molar-refractivity contribution in [2.75, 3.05) is 26.7 Å². The molecule has 0 radical (unpaired) electrons. The van der Waals surface area contributed by atoms with E-state index in [0.717, 1.165) is 50.4 Å². The summed E-state index contributed by atoms with van der Waals surface area (Å²) in [5, 5.41) is 0. The van der Waals surface area contributed by atoms with E-state index in [1.54, 1.807) is 12.6 Å². The van der Waals surface area contributed by atoms with Crippen molar-refractivity contribution in [1.82, 2.24) is 9.80 Å². The van der Waals surface area contributed by atoms with Crippen LogP contribution in [0.1, 0.15) is 95.8 Å². The molecule has 0 aliphatic carbocycles. The van der Waals surface area contributed by atoms with Crippen molar-refractivity contribution in [2.45, 2.75) is 115 Å². The van der Waals surface area contributed by atoms with Crippen molar-refractivity contribution in [1.29, 1.82) is 0 Å². The van der Waals surface area contributed by atoms with Crippen LogP contribution in [-0.2, 0) is 23.0 Å². The van der Waals surface area contributed by atoms with E-state index >= 15 is 0 Å². The van der Waals surface area contributed by atoms with Crippen LogP contribution in [0.25, 0.3) is 0 Å². The van der Waals surface area contributed by atoms with Gasteiger partial charge < -0.3 is 14.6 Å². The molecule has 2 aromatic carbocycles. The topological polar surface area (TPSA) is 45.1 Å². The molecule has 0 N–H and O–H groups in total. The Kier molecular flexibility index (Phi) is 11.3. The smallest absolute Gasteiger partial charge is 0.410 e. The molecule has 0 aromatic heterocycles. The van der Waals surface area contributed by atoms with Crippen LogP contribution in [0.2, 0.25) is 0 Å². The van der Waals surface area contributed by atoms with Gasteiger partial charge in [-0.3, -0.25) is 4.90 Å². The largest absolute Gasteiger partial charge is 0.444 e. The molecule has 0 spiro atoms. The van der Waals surface area contributed by atoms with E-state index in [0.29, 0.717) is 0 Å². The summed E-state index contributed by atoms with van der Waals surface area (Å²) in [4.78, 5) is 20.9. The molecular formula is C37H55N3O2. The molecule has 5 nitrogen and oxygen atoms in total. The molecule has 1 amide bonds. The highest BCUT2D eigenvalue weighted by Crippen LogP contribution is 2.43. The molecule has 3 heterocycles. The number of fused-ring (bicyclic) bond motifs is 2. The van der Waals surface area contributed by atoms with Crippen LogP contribution >= 0.6 is 0 Å². The molecule has 2 unspecified atom stereocenters. The number of aliphatic imine (C=N–C) groups is 1. The number of aryl methyl sites for hydroxylation is 1. The fourth-order valence-corrected chi connectivity index (χ4v) is 7.80. The summed E-state index contributed by atoms with van der Waals surface area (Å²) in [5.41, 5.74) is 4.24. The summed E-state index contributed by atoms with van der Waals surface area (Å²) >= 11 is 0. The Morgan fingerprint density at radius 3 is 2.12 bits per heavy atom. The van der Waals surface area contributed by atoms with Crippen molar-refractivity contribution in [3.63, 3.8) is 0 Å². The Balaban J connectivity index is 0.00000129. The van der Waals surface area contributed by atoms with Crippen molar-refractivity contribution in [3.05, 3.63) is 71.3 Å². The highest BCUT2D eigenvalue weighted by Gasteiger charge is 2.42. The average molecular weight is 574 g/mol. The lowest BCUT2D eigenvalue weighted by molar-refractivity contribution is -0.000181. The van der Waals surface area contributed by atoms with Crippen LogP contribution in [0.5, 0.6) is 0 Å². The molecule has 2 aromatic rings. The fraction of sp³-hybridized carbons (Fsp3) is 0.622. The van der Waals surface area contributed by atoms with E-state index in [9.17, 15) is 4.79 Å². The number of carbonyl (C=O) groups excluding carboxylic acids is 1. The highest BCUT2D eigenvalue weighted by molar-refractivity contribution is 5.68. The molecule has 5 rings (SSSR count). The number of nitrogens with zero attached hydrogens (tertiary/aromatic N) is 3. The van der Waals surface area contributed by atoms with E-state index in [2.05, 4.69) is 78.1 Å². The minimum Gasteiger partial charge on any atom is -0.444 e. The van der Waals surface area contributed by atoms with Gasteiger partial charge in [-0.05, 0) is 120 Å². The van der Waals surface area contributed by atoms with Gasteiger partial charge in [-0.25, -0.2) is 4.79 Å². The summed E-state index contributed by atoms with van der Waals surface area (Å²) in [7, 11) is 1.64. The fourth-order valence-electron chi connectivity index (χ4n) is 7.80. The van der Waals surface area contributed by atoms with Crippen molar-refractivity contribution < 1.29 is 9.53 Å². The van der Waals surface area contributed by atoms with Gasteiger partial charge in [-0.15, -0.1) is 0 Å². The van der Waals surface area contributed by atoms with Gasteiger partial charge in [0.05, 0.1) is 0 Å². The van der Waals surface area contributed by atoms with Crippen molar-refractivity contribution >= 4 is 12.8 Å². The molecule has 3 saturated heterocycles. The first-order valence-electron chi connectivity index (χ1n) is 16.4. The lowest BCUT2D eigenvalue weighted by atomic mass is 9.69. The third kappa shape index (κ3) is 8.24. The standard InChI is InChI=1S/C35H50N2O2.C2H5N/c1-5-28-12-9-10-13-29(28)24-27-25-31-16-11-17-32(26-27)37(31)23-20-35(30-14-7-6-8-15-30)18-21-36(22-19-35)33(38)39-34(2,3)4;1-3-2/h6-10,12-15,27,31-32H,5,11,16-26H2,1-4H3;1H2,2H3/t27?,31-,32?;/m1./s1. The van der Waals surface area contributed by atoms with E-state index in [4.69, 9.17) is 4.74 Å². The molecule has 3 fully saturated rings. The molecule has 3 aliphatic rings. The van der Waals surface area contributed by atoms with Crippen LogP contribution in [0.15, 0.2) is 59.6 Å². The maximum absolute atomic E-state index is 12.8. The summed E-state index contributed by atoms with van der Waals surface area (Å²) in [6.45, 7) is 14.0. The van der Waals surface area contributed by atoms with Gasteiger partial charge in [0.25, 0.3) is 0 Å². The zero-order chi connectivity index (χ0) is 30.2. The predicted octanol–water partition coefficient (Wildman–Crippen LogP) is 8.10. The first kappa shape index (κ1) is 32.3. The number of ether oxygens (including phenoxy) is 1. The minimum absolute atomic E-state index is 0.130. The van der Waals surface area contributed by atoms with Gasteiger partial charge in [-0.1, -0.05) is 67.9 Å². The molecule has 2 bridgehead atoms. The molecule has 3 aliphatic heterocycles. The molecule has 3 atom stereocenters. The predicted molar refractivity (Wildman–Crippen MR) is 176 cm³/mol. The van der Waals surface area contributed by atoms with Gasteiger partial charge in [0.15, 0.2) is 0 Å². The van der Waals surface area contributed by atoms with Crippen LogP contribution in [0.3, 0.4) is 0 Å². The molecular weight excluding hydrogens is 518 g/mol. The molecule has 5 heteroatoms. The SMILES string of the molecule is C=NC.CCc1ccccc1CC1CC2CCC[C@H](C1)N2CCC1(c2ccccc2)CCN(C(=O)OC(C)(C)C)CC1. The van der Waals surface area contributed by atoms with Crippen LogP contribution in [0.4, 0.5) is 4.79 Å². The van der Waals surface area contributed by atoms with Gasteiger partial charge >= 0.3 is 6.09 Å². The minimum atomic E-state index is -0.451. The quantitative estimate of drug-likeness (QED) is 0.314. The first-order chi connectivity index (χ1) is 20.2. The number of rotatable bonds is 7. The monoisotopic (exact) mass is 573 g/mol. The van der Waals surface area contributed by atoms with Crippen LogP contribution in [0, 0.1) is 5.92 Å². The molecule has 230 valence electrons. The van der Waals surface area contributed by atoms with Crippen molar-refractivity contribution in [2.24, 2.45) is 10.9 Å². The van der Waals surface area contributed by atoms with Gasteiger partial charge in [0.1, 0.15) is 5.60 Å². The second-order valence-corrected chi connectivity index (χ2v) is 13.8. The zero-order valence-electron chi connectivity index (χ0n) is 27.0. The second-order valence-electron chi connectivity index (χ2n) is 13.8. The lowest BCUT2D eigenvalue weighted by Crippen LogP contribution is -2.54. The third-order valence-electron chi connectivity index (χ3n) is 9.84. The maximum atomic E-state index is 12.8. The number of benzene rings is 2. The normalized spacial score (nSPS) is 23.8. The summed E-state index contributed by atoms with van der Waals surface area (Å²) in [6.07, 6.45) is 12.2. The number of carbonyl (C=O) groups is 1. The maximum Gasteiger partial charge on any atom is 0.410 e. The average Bonchev–Trinajstić information content (AvgIpc) is 2.96. The van der Waals surface area contributed by atoms with Gasteiger partial charge in [0.2, 0.25) is 0 Å². The Bertz CT molecular complexity index is 1120. The van der Waals surface area contributed by atoms with E-state index in [-0.39, 0.29) is 11.5 Å². The molecule has 42 heavy (non-hydrogen) atoms. The summed E-state index contributed by atoms with van der Waals surface area (Å²) < 4.78 is 5.70. The van der Waals surface area contributed by atoms with E-state index in [1.165, 1.54) is 62.6 Å².